The molecule has 1 amide bonds. The van der Waals surface area contributed by atoms with Gasteiger partial charge in [-0.2, -0.15) is 0 Å². The van der Waals surface area contributed by atoms with Crippen LogP contribution in [0.25, 0.3) is 0 Å². The third kappa shape index (κ3) is 3.67. The fourth-order valence-electron chi connectivity index (χ4n) is 1.86. The third-order valence-corrected chi connectivity index (χ3v) is 2.97. The smallest absolute Gasteiger partial charge is 0.338 e. The molecule has 0 aliphatic carbocycles. The molecule has 2 aromatic rings. The molecule has 1 N–H and O–H groups in total. The third-order valence-electron chi connectivity index (χ3n) is 2.97. The lowest BCUT2D eigenvalue weighted by Gasteiger charge is -2.09. The number of carbonyl (C=O) groups excluding carboxylic acids is 2. The molecule has 2 rings (SSSR count). The van der Waals surface area contributed by atoms with Crippen LogP contribution in [0.5, 0.6) is 0 Å². The maximum Gasteiger partial charge on any atom is 0.338 e. The van der Waals surface area contributed by atoms with Crippen molar-refractivity contribution in [2.45, 2.75) is 0 Å². The first-order valence-electron chi connectivity index (χ1n) is 6.36. The molecule has 0 aromatic heterocycles. The van der Waals surface area contributed by atoms with Gasteiger partial charge in [0.25, 0.3) is 11.6 Å². The predicted octanol–water partition coefficient (Wildman–Crippen LogP) is 2.77. The minimum atomic E-state index is -0.779. The Kier molecular flexibility index (Phi) is 4.65. The maximum atomic E-state index is 13.3. The Bertz CT molecular complexity index is 774. The van der Waals surface area contributed by atoms with Crippen LogP contribution >= 0.6 is 0 Å². The molecule has 8 heteroatoms. The van der Waals surface area contributed by atoms with E-state index >= 15 is 0 Å². The predicted molar refractivity (Wildman–Crippen MR) is 78.8 cm³/mol. The van der Waals surface area contributed by atoms with Crippen molar-refractivity contribution < 1.29 is 23.6 Å². The van der Waals surface area contributed by atoms with Crippen LogP contribution in [0, 0.1) is 15.9 Å². The molecule has 0 saturated carbocycles. The first-order valence-corrected chi connectivity index (χ1v) is 6.36. The number of amides is 1. The van der Waals surface area contributed by atoms with E-state index in [0.29, 0.717) is 0 Å². The van der Waals surface area contributed by atoms with Crippen molar-refractivity contribution in [3.8, 4) is 0 Å². The number of rotatable bonds is 4. The Morgan fingerprint density at radius 1 is 1.13 bits per heavy atom. The molecule has 0 unspecified atom stereocenters. The monoisotopic (exact) mass is 318 g/mol. The number of anilines is 1. The van der Waals surface area contributed by atoms with Gasteiger partial charge in [0.1, 0.15) is 5.82 Å². The van der Waals surface area contributed by atoms with E-state index in [1.807, 2.05) is 0 Å². The van der Waals surface area contributed by atoms with Crippen LogP contribution in [0.15, 0.2) is 42.5 Å². The van der Waals surface area contributed by atoms with Crippen molar-refractivity contribution in [3.05, 3.63) is 69.5 Å². The summed E-state index contributed by atoms with van der Waals surface area (Å²) in [6.07, 6.45) is 0. The second-order valence-electron chi connectivity index (χ2n) is 4.44. The number of esters is 1. The lowest BCUT2D eigenvalue weighted by atomic mass is 10.1. The van der Waals surface area contributed by atoms with Crippen molar-refractivity contribution >= 4 is 23.3 Å². The quantitative estimate of drug-likeness (QED) is 0.531. The number of carbonyl (C=O) groups is 2. The fraction of sp³-hybridized carbons (Fsp3) is 0.0667. The van der Waals surface area contributed by atoms with Crippen molar-refractivity contribution in [1.82, 2.24) is 0 Å². The highest BCUT2D eigenvalue weighted by Gasteiger charge is 2.19. The molecule has 0 bridgehead atoms. The molecule has 23 heavy (non-hydrogen) atoms. The van der Waals surface area contributed by atoms with E-state index in [1.54, 1.807) is 0 Å². The summed E-state index contributed by atoms with van der Waals surface area (Å²) < 4.78 is 17.9. The van der Waals surface area contributed by atoms with Crippen LogP contribution in [0.1, 0.15) is 20.7 Å². The number of halogens is 1. The first-order chi connectivity index (χ1) is 10.9. The molecule has 0 radical (unpaired) electrons. The highest BCUT2D eigenvalue weighted by molar-refractivity contribution is 6.11. The molecule has 0 aliphatic heterocycles. The fourth-order valence-corrected chi connectivity index (χ4v) is 1.86. The molecule has 0 spiro atoms. The summed E-state index contributed by atoms with van der Waals surface area (Å²) in [5, 5.41) is 13.0. The molecule has 7 nitrogen and oxygen atoms in total. The van der Waals surface area contributed by atoms with Crippen molar-refractivity contribution in [1.29, 1.82) is 0 Å². The van der Waals surface area contributed by atoms with E-state index in [0.717, 1.165) is 25.3 Å². The van der Waals surface area contributed by atoms with Crippen molar-refractivity contribution in [2.75, 3.05) is 12.4 Å². The normalized spacial score (nSPS) is 10.0. The van der Waals surface area contributed by atoms with E-state index in [2.05, 4.69) is 10.1 Å². The van der Waals surface area contributed by atoms with Gasteiger partial charge in [-0.05, 0) is 30.3 Å². The number of nitro benzene ring substituents is 1. The zero-order valence-corrected chi connectivity index (χ0v) is 11.9. The van der Waals surface area contributed by atoms with E-state index in [9.17, 15) is 24.1 Å². The summed E-state index contributed by atoms with van der Waals surface area (Å²) in [6.45, 7) is 0. The molecule has 2 aromatic carbocycles. The average Bonchev–Trinajstić information content (AvgIpc) is 2.54. The summed E-state index contributed by atoms with van der Waals surface area (Å²) >= 11 is 0. The molecule has 118 valence electrons. The van der Waals surface area contributed by atoms with Crippen LogP contribution < -0.4 is 5.32 Å². The molecule has 0 atom stereocenters. The number of nitrogens with zero attached hydrogens (tertiary/aromatic N) is 1. The van der Waals surface area contributed by atoms with Gasteiger partial charge in [0.15, 0.2) is 0 Å². The molecule has 0 saturated heterocycles. The van der Waals surface area contributed by atoms with E-state index < -0.39 is 22.6 Å². The van der Waals surface area contributed by atoms with Crippen LogP contribution in [0.3, 0.4) is 0 Å². The highest BCUT2D eigenvalue weighted by Crippen LogP contribution is 2.18. The van der Waals surface area contributed by atoms with Crippen molar-refractivity contribution in [2.24, 2.45) is 0 Å². The van der Waals surface area contributed by atoms with Crippen molar-refractivity contribution in [3.63, 3.8) is 0 Å². The highest BCUT2D eigenvalue weighted by atomic mass is 19.1. The van der Waals surface area contributed by atoms with Crippen LogP contribution in [-0.2, 0) is 4.74 Å². The zero-order chi connectivity index (χ0) is 17.0. The second-order valence-corrected chi connectivity index (χ2v) is 4.44. The maximum absolute atomic E-state index is 13.3. The molecular weight excluding hydrogens is 307 g/mol. The lowest BCUT2D eigenvalue weighted by molar-refractivity contribution is -0.384. The Balaban J connectivity index is 2.28. The standard InChI is InChI=1S/C15H11FN2O5/c1-23-15(20)12-7-2-9(16)8-13(12)14(19)17-10-3-5-11(6-4-10)18(21)22/h2-8H,1H3,(H,17,19). The lowest BCUT2D eigenvalue weighted by Crippen LogP contribution is -2.17. The van der Waals surface area contributed by atoms with Crippen LogP contribution in [0.2, 0.25) is 0 Å². The minimum Gasteiger partial charge on any atom is -0.465 e. The van der Waals surface area contributed by atoms with Gasteiger partial charge in [0, 0.05) is 17.8 Å². The number of methoxy groups -OCH3 is 1. The topological polar surface area (TPSA) is 98.5 Å². The van der Waals surface area contributed by atoms with Gasteiger partial charge in [-0.25, -0.2) is 9.18 Å². The molecule has 0 heterocycles. The van der Waals surface area contributed by atoms with Gasteiger partial charge in [0.2, 0.25) is 0 Å². The average molecular weight is 318 g/mol. The number of nitro groups is 1. The van der Waals surface area contributed by atoms with Crippen LogP contribution in [-0.4, -0.2) is 23.9 Å². The summed E-state index contributed by atoms with van der Waals surface area (Å²) in [5.41, 5.74) is -0.159. The SMILES string of the molecule is COC(=O)c1ccc(F)cc1C(=O)Nc1ccc([N+](=O)[O-])cc1. The van der Waals surface area contributed by atoms with E-state index in [1.165, 1.54) is 24.3 Å². The summed E-state index contributed by atoms with van der Waals surface area (Å²) in [4.78, 5) is 33.8. The first kappa shape index (κ1) is 16.1. The van der Waals surface area contributed by atoms with Gasteiger partial charge < -0.3 is 10.1 Å². The molecule has 0 fully saturated rings. The molecule has 0 aliphatic rings. The second kappa shape index (κ2) is 6.65. The van der Waals surface area contributed by atoms with Gasteiger partial charge in [-0.1, -0.05) is 0 Å². The number of ether oxygens (including phenoxy) is 1. The number of benzene rings is 2. The Morgan fingerprint density at radius 2 is 1.78 bits per heavy atom. The zero-order valence-electron chi connectivity index (χ0n) is 11.9. The Labute approximate surface area is 129 Å². The summed E-state index contributed by atoms with van der Waals surface area (Å²) in [6, 6.07) is 8.17. The number of hydrogen-bond acceptors (Lipinski definition) is 5. The summed E-state index contributed by atoms with van der Waals surface area (Å²) in [5.74, 6) is -2.20. The molecular formula is C15H11FN2O5. The van der Waals surface area contributed by atoms with Gasteiger partial charge in [0.05, 0.1) is 23.2 Å². The number of nitrogens with one attached hydrogen (secondary N) is 1. The largest absolute Gasteiger partial charge is 0.465 e. The minimum absolute atomic E-state index is 0.0895. The van der Waals surface area contributed by atoms with Gasteiger partial charge in [-0.15, -0.1) is 0 Å². The summed E-state index contributed by atoms with van der Waals surface area (Å²) in [7, 11) is 1.14. The number of hydrogen-bond donors (Lipinski definition) is 1. The Morgan fingerprint density at radius 3 is 2.35 bits per heavy atom. The van der Waals surface area contributed by atoms with Crippen LogP contribution in [0.4, 0.5) is 15.8 Å². The van der Waals surface area contributed by atoms with Gasteiger partial charge >= 0.3 is 5.97 Å². The van der Waals surface area contributed by atoms with Gasteiger partial charge in [-0.3, -0.25) is 14.9 Å². The Hall–Kier alpha value is -3.29. The number of non-ortho nitro benzene ring substituents is 1. The van der Waals surface area contributed by atoms with E-state index in [4.69, 9.17) is 0 Å². The van der Waals surface area contributed by atoms with E-state index in [-0.39, 0.29) is 22.5 Å².